The van der Waals surface area contributed by atoms with E-state index < -0.39 is 0 Å². The van der Waals surface area contributed by atoms with Crippen molar-refractivity contribution in [2.24, 2.45) is 0 Å². The summed E-state index contributed by atoms with van der Waals surface area (Å²) in [6.07, 6.45) is 0.315. The monoisotopic (exact) mass is 323 g/mol. The number of para-hydroxylation sites is 1. The third-order valence-corrected chi connectivity index (χ3v) is 4.20. The van der Waals surface area contributed by atoms with Crippen LogP contribution in [0.25, 0.3) is 0 Å². The third kappa shape index (κ3) is 3.56. The fraction of sp³-hybridized carbons (Fsp3) is 0.263. The quantitative estimate of drug-likeness (QED) is 0.911. The standard InChI is InChI=1S/C19H21N3O2/c1-13-7-9-16(10-8-13)22-12-15(11-18(22)23)20-19(24)21-17-6-4-3-5-14(17)2/h3-10,15H,11-12H2,1-2H3,(H2,20,21,24). The molecular formula is C19H21N3O2. The number of aryl methyl sites for hydroxylation is 2. The van der Waals surface area contributed by atoms with Crippen LogP contribution in [-0.4, -0.2) is 24.5 Å². The summed E-state index contributed by atoms with van der Waals surface area (Å²) in [5.74, 6) is 0.0278. The Morgan fingerprint density at radius 2 is 1.79 bits per heavy atom. The maximum Gasteiger partial charge on any atom is 0.319 e. The van der Waals surface area contributed by atoms with Crippen molar-refractivity contribution in [2.75, 3.05) is 16.8 Å². The van der Waals surface area contributed by atoms with E-state index in [0.717, 1.165) is 22.5 Å². The Bertz CT molecular complexity index is 755. The second-order valence-electron chi connectivity index (χ2n) is 6.15. The Balaban J connectivity index is 1.61. The van der Waals surface area contributed by atoms with Crippen molar-refractivity contribution in [1.82, 2.24) is 5.32 Å². The number of carbonyl (C=O) groups is 2. The smallest absolute Gasteiger partial charge is 0.319 e. The van der Waals surface area contributed by atoms with Crippen LogP contribution in [-0.2, 0) is 4.79 Å². The van der Waals surface area contributed by atoms with Crippen molar-refractivity contribution < 1.29 is 9.59 Å². The molecule has 0 aromatic heterocycles. The molecule has 2 N–H and O–H groups in total. The van der Waals surface area contributed by atoms with Gasteiger partial charge in [0.1, 0.15) is 0 Å². The van der Waals surface area contributed by atoms with Crippen LogP contribution in [0.3, 0.4) is 0 Å². The number of hydrogen-bond donors (Lipinski definition) is 2. The summed E-state index contributed by atoms with van der Waals surface area (Å²) in [4.78, 5) is 26.1. The van der Waals surface area contributed by atoms with Crippen molar-refractivity contribution in [1.29, 1.82) is 0 Å². The van der Waals surface area contributed by atoms with Gasteiger partial charge in [0.2, 0.25) is 5.91 Å². The molecule has 24 heavy (non-hydrogen) atoms. The van der Waals surface area contributed by atoms with E-state index in [1.54, 1.807) is 4.90 Å². The zero-order valence-electron chi connectivity index (χ0n) is 13.9. The van der Waals surface area contributed by atoms with Crippen molar-refractivity contribution in [3.63, 3.8) is 0 Å². The van der Waals surface area contributed by atoms with Gasteiger partial charge < -0.3 is 15.5 Å². The van der Waals surface area contributed by atoms with Crippen molar-refractivity contribution in [2.45, 2.75) is 26.3 Å². The molecule has 1 saturated heterocycles. The van der Waals surface area contributed by atoms with Gasteiger partial charge in [-0.2, -0.15) is 0 Å². The van der Waals surface area contributed by atoms with E-state index in [4.69, 9.17) is 0 Å². The predicted octanol–water partition coefficient (Wildman–Crippen LogP) is 3.23. The molecule has 1 fully saturated rings. The maximum absolute atomic E-state index is 12.2. The number of hydrogen-bond acceptors (Lipinski definition) is 2. The van der Waals surface area contributed by atoms with Crippen LogP contribution in [0.15, 0.2) is 48.5 Å². The topological polar surface area (TPSA) is 61.4 Å². The molecule has 1 heterocycles. The Hall–Kier alpha value is -2.82. The van der Waals surface area contributed by atoms with Crippen molar-refractivity contribution in [3.8, 4) is 0 Å². The highest BCUT2D eigenvalue weighted by Gasteiger charge is 2.31. The first-order valence-electron chi connectivity index (χ1n) is 8.03. The number of urea groups is 1. The first-order chi connectivity index (χ1) is 11.5. The van der Waals surface area contributed by atoms with Gasteiger partial charge in [-0.3, -0.25) is 4.79 Å². The summed E-state index contributed by atoms with van der Waals surface area (Å²) in [5.41, 5.74) is 3.79. The summed E-state index contributed by atoms with van der Waals surface area (Å²) in [5, 5.41) is 5.72. The van der Waals surface area contributed by atoms with Crippen LogP contribution < -0.4 is 15.5 Å². The van der Waals surface area contributed by atoms with Gasteiger partial charge in [0.05, 0.1) is 6.04 Å². The minimum absolute atomic E-state index is 0.0278. The van der Waals surface area contributed by atoms with E-state index in [1.165, 1.54) is 0 Å². The molecule has 1 aliphatic rings. The molecule has 3 amide bonds. The molecule has 0 saturated carbocycles. The number of benzene rings is 2. The molecule has 0 bridgehead atoms. The van der Waals surface area contributed by atoms with Crippen LogP contribution in [0.5, 0.6) is 0 Å². The lowest BCUT2D eigenvalue weighted by molar-refractivity contribution is -0.117. The van der Waals surface area contributed by atoms with E-state index in [0.29, 0.717) is 13.0 Å². The summed E-state index contributed by atoms with van der Waals surface area (Å²) >= 11 is 0. The lowest BCUT2D eigenvalue weighted by Crippen LogP contribution is -2.39. The minimum Gasteiger partial charge on any atom is -0.333 e. The van der Waals surface area contributed by atoms with E-state index in [2.05, 4.69) is 10.6 Å². The van der Waals surface area contributed by atoms with Crippen LogP contribution >= 0.6 is 0 Å². The number of carbonyl (C=O) groups excluding carboxylic acids is 2. The molecule has 124 valence electrons. The number of nitrogens with zero attached hydrogens (tertiary/aromatic N) is 1. The van der Waals surface area contributed by atoms with E-state index in [-0.39, 0.29) is 18.0 Å². The normalized spacial score (nSPS) is 17.0. The number of rotatable bonds is 3. The van der Waals surface area contributed by atoms with Gasteiger partial charge in [0.25, 0.3) is 0 Å². The van der Waals surface area contributed by atoms with E-state index in [9.17, 15) is 9.59 Å². The Morgan fingerprint density at radius 3 is 2.50 bits per heavy atom. The summed E-state index contributed by atoms with van der Waals surface area (Å²) < 4.78 is 0. The van der Waals surface area contributed by atoms with Gasteiger partial charge >= 0.3 is 6.03 Å². The Kier molecular flexibility index (Phi) is 4.51. The zero-order valence-corrected chi connectivity index (χ0v) is 13.9. The highest BCUT2D eigenvalue weighted by atomic mass is 16.2. The fourth-order valence-corrected chi connectivity index (χ4v) is 2.84. The highest BCUT2D eigenvalue weighted by molar-refractivity contribution is 5.97. The van der Waals surface area contributed by atoms with Gasteiger partial charge in [-0.05, 0) is 37.6 Å². The van der Waals surface area contributed by atoms with Gasteiger partial charge in [-0.15, -0.1) is 0 Å². The third-order valence-electron chi connectivity index (χ3n) is 4.20. The van der Waals surface area contributed by atoms with Crippen LogP contribution in [0.4, 0.5) is 16.2 Å². The molecule has 1 aliphatic heterocycles. The molecule has 2 aromatic carbocycles. The molecule has 1 unspecified atom stereocenters. The van der Waals surface area contributed by atoms with Crippen LogP contribution in [0.2, 0.25) is 0 Å². The van der Waals surface area contributed by atoms with Crippen molar-refractivity contribution >= 4 is 23.3 Å². The first kappa shape index (κ1) is 16.1. The van der Waals surface area contributed by atoms with Crippen LogP contribution in [0.1, 0.15) is 17.5 Å². The molecule has 2 aromatic rings. The van der Waals surface area contributed by atoms with Gasteiger partial charge in [0.15, 0.2) is 0 Å². The molecular weight excluding hydrogens is 302 g/mol. The van der Waals surface area contributed by atoms with Gasteiger partial charge in [-0.1, -0.05) is 35.9 Å². The number of anilines is 2. The minimum atomic E-state index is -0.284. The largest absolute Gasteiger partial charge is 0.333 e. The van der Waals surface area contributed by atoms with E-state index >= 15 is 0 Å². The predicted molar refractivity (Wildman–Crippen MR) is 95.3 cm³/mol. The SMILES string of the molecule is Cc1ccc(N2CC(NC(=O)Nc3ccccc3C)CC2=O)cc1. The fourth-order valence-electron chi connectivity index (χ4n) is 2.84. The average Bonchev–Trinajstić information content (AvgIpc) is 2.90. The molecule has 1 atom stereocenters. The lowest BCUT2D eigenvalue weighted by Gasteiger charge is -2.18. The second-order valence-corrected chi connectivity index (χ2v) is 6.15. The van der Waals surface area contributed by atoms with Gasteiger partial charge in [-0.25, -0.2) is 4.79 Å². The average molecular weight is 323 g/mol. The summed E-state index contributed by atoms with van der Waals surface area (Å²) in [6, 6.07) is 14.9. The molecule has 5 nitrogen and oxygen atoms in total. The zero-order chi connectivity index (χ0) is 17.1. The molecule has 0 radical (unpaired) electrons. The van der Waals surface area contributed by atoms with Crippen LogP contribution in [0, 0.1) is 13.8 Å². The lowest BCUT2D eigenvalue weighted by atomic mass is 10.2. The Morgan fingerprint density at radius 1 is 1.08 bits per heavy atom. The first-order valence-corrected chi connectivity index (χ1v) is 8.03. The summed E-state index contributed by atoms with van der Waals surface area (Å²) in [6.45, 7) is 4.44. The maximum atomic E-state index is 12.2. The molecule has 3 rings (SSSR count). The highest BCUT2D eigenvalue weighted by Crippen LogP contribution is 2.22. The molecule has 5 heteroatoms. The molecule has 0 aliphatic carbocycles. The van der Waals surface area contributed by atoms with Gasteiger partial charge in [0, 0.05) is 24.3 Å². The number of amides is 3. The van der Waals surface area contributed by atoms with E-state index in [1.807, 2.05) is 62.4 Å². The number of nitrogens with one attached hydrogen (secondary N) is 2. The summed E-state index contributed by atoms with van der Waals surface area (Å²) in [7, 11) is 0. The Labute approximate surface area is 141 Å². The van der Waals surface area contributed by atoms with Crippen molar-refractivity contribution in [3.05, 3.63) is 59.7 Å². The second kappa shape index (κ2) is 6.74. The molecule has 0 spiro atoms.